The van der Waals surface area contributed by atoms with E-state index < -0.39 is 0 Å². The number of nitrogens with zero attached hydrogens (tertiary/aromatic N) is 3. The second-order valence-corrected chi connectivity index (χ2v) is 4.74. The Bertz CT molecular complexity index is 429. The van der Waals surface area contributed by atoms with E-state index in [-0.39, 0.29) is 16.7 Å². The molecule has 1 atom stereocenters. The third-order valence-corrected chi connectivity index (χ3v) is 3.30. The second kappa shape index (κ2) is 7.23. The number of rotatable bonds is 8. The van der Waals surface area contributed by atoms with E-state index in [0.29, 0.717) is 18.5 Å². The lowest BCUT2D eigenvalue weighted by atomic mass is 10.1. The normalized spacial score (nSPS) is 12.6. The summed E-state index contributed by atoms with van der Waals surface area (Å²) >= 11 is 0. The average molecular weight is 268 g/mol. The Balaban J connectivity index is 3.07. The summed E-state index contributed by atoms with van der Waals surface area (Å²) in [6.07, 6.45) is 3.11. The van der Waals surface area contributed by atoms with Gasteiger partial charge in [-0.05, 0) is 19.4 Å². The molecule has 0 radical (unpaired) electrons. The fraction of sp³-hybridized carbons (Fsp3) is 0.769. The van der Waals surface area contributed by atoms with Gasteiger partial charge in [-0.1, -0.05) is 27.2 Å². The highest BCUT2D eigenvalue weighted by Crippen LogP contribution is 2.25. The topological polar surface area (TPSA) is 73.0 Å². The van der Waals surface area contributed by atoms with E-state index in [2.05, 4.69) is 17.3 Å². The third-order valence-electron chi connectivity index (χ3n) is 3.30. The molecule has 0 aliphatic heterocycles. The van der Waals surface area contributed by atoms with Gasteiger partial charge in [0.1, 0.15) is 11.4 Å². The Kier molecular flexibility index (Phi) is 5.95. The molecule has 1 N–H and O–H groups in total. The van der Waals surface area contributed by atoms with Crippen molar-refractivity contribution in [2.45, 2.75) is 52.5 Å². The Morgan fingerprint density at radius 1 is 1.42 bits per heavy atom. The summed E-state index contributed by atoms with van der Waals surface area (Å²) in [7, 11) is 1.79. The number of likely N-dealkylation sites (N-methyl/N-ethyl adjacent to an activating group) is 1. The van der Waals surface area contributed by atoms with Crippen LogP contribution in [-0.2, 0) is 19.9 Å². The first-order valence-corrected chi connectivity index (χ1v) is 6.97. The highest BCUT2D eigenvalue weighted by atomic mass is 16.6. The molecule has 0 aliphatic carbocycles. The van der Waals surface area contributed by atoms with Gasteiger partial charge in [0.05, 0.1) is 4.92 Å². The maximum Gasteiger partial charge on any atom is 0.313 e. The first kappa shape index (κ1) is 15.6. The lowest BCUT2D eigenvalue weighted by molar-refractivity contribution is -0.386. The van der Waals surface area contributed by atoms with Crippen molar-refractivity contribution in [1.29, 1.82) is 0 Å². The standard InChI is InChI=1S/C13H24N4O2/c1-5-8-11-13(17(18)19)12(16(4)15-11)9-10(6-2)14-7-3/h10,14H,5-9H2,1-4H3. The molecule has 0 saturated carbocycles. The zero-order valence-electron chi connectivity index (χ0n) is 12.3. The van der Waals surface area contributed by atoms with Gasteiger partial charge in [-0.2, -0.15) is 5.10 Å². The fourth-order valence-corrected chi connectivity index (χ4v) is 2.34. The molecule has 1 aromatic heterocycles. The molecular weight excluding hydrogens is 244 g/mol. The van der Waals surface area contributed by atoms with Gasteiger partial charge < -0.3 is 5.32 Å². The molecule has 6 heteroatoms. The first-order valence-electron chi connectivity index (χ1n) is 6.97. The summed E-state index contributed by atoms with van der Waals surface area (Å²) < 4.78 is 1.67. The van der Waals surface area contributed by atoms with E-state index in [1.807, 2.05) is 13.8 Å². The number of hydrogen-bond donors (Lipinski definition) is 1. The molecule has 0 fully saturated rings. The predicted octanol–water partition coefficient (Wildman–Crippen LogP) is 2.21. The molecule has 0 aliphatic rings. The zero-order valence-corrected chi connectivity index (χ0v) is 12.3. The number of aromatic nitrogens is 2. The number of nitrogens with one attached hydrogen (secondary N) is 1. The van der Waals surface area contributed by atoms with Gasteiger partial charge in [0.25, 0.3) is 0 Å². The summed E-state index contributed by atoms with van der Waals surface area (Å²) in [5.74, 6) is 0. The average Bonchev–Trinajstić information content (AvgIpc) is 2.65. The largest absolute Gasteiger partial charge is 0.314 e. The van der Waals surface area contributed by atoms with Crippen LogP contribution in [-0.4, -0.2) is 27.3 Å². The van der Waals surface area contributed by atoms with Crippen molar-refractivity contribution in [1.82, 2.24) is 15.1 Å². The SMILES string of the molecule is CCCc1nn(C)c(CC(CC)NCC)c1[N+](=O)[O-]. The fourth-order valence-electron chi connectivity index (χ4n) is 2.34. The van der Waals surface area contributed by atoms with E-state index >= 15 is 0 Å². The summed E-state index contributed by atoms with van der Waals surface area (Å²) in [5.41, 5.74) is 1.54. The van der Waals surface area contributed by atoms with Crippen LogP contribution in [0.5, 0.6) is 0 Å². The van der Waals surface area contributed by atoms with Crippen molar-refractivity contribution in [3.05, 3.63) is 21.5 Å². The van der Waals surface area contributed by atoms with Crippen LogP contribution in [0.3, 0.4) is 0 Å². The molecule has 0 saturated heterocycles. The maximum atomic E-state index is 11.3. The van der Waals surface area contributed by atoms with Crippen LogP contribution in [0.2, 0.25) is 0 Å². The molecule has 0 bridgehead atoms. The lowest BCUT2D eigenvalue weighted by Gasteiger charge is -2.15. The van der Waals surface area contributed by atoms with E-state index in [1.165, 1.54) is 0 Å². The van der Waals surface area contributed by atoms with Gasteiger partial charge in [-0.15, -0.1) is 0 Å². The predicted molar refractivity (Wildman–Crippen MR) is 75.3 cm³/mol. The molecule has 1 unspecified atom stereocenters. The van der Waals surface area contributed by atoms with Crippen molar-refractivity contribution in [3.8, 4) is 0 Å². The van der Waals surface area contributed by atoms with E-state index in [4.69, 9.17) is 0 Å². The van der Waals surface area contributed by atoms with Crippen molar-refractivity contribution >= 4 is 5.69 Å². The molecule has 6 nitrogen and oxygen atoms in total. The van der Waals surface area contributed by atoms with Crippen LogP contribution in [0.15, 0.2) is 0 Å². The van der Waals surface area contributed by atoms with Crippen molar-refractivity contribution in [2.24, 2.45) is 7.05 Å². The first-order chi connectivity index (χ1) is 9.04. The van der Waals surface area contributed by atoms with Gasteiger partial charge in [0, 0.05) is 19.5 Å². The molecule has 0 amide bonds. The number of aryl methyl sites for hydroxylation is 2. The van der Waals surface area contributed by atoms with Crippen LogP contribution in [0.1, 0.15) is 45.0 Å². The Morgan fingerprint density at radius 3 is 2.58 bits per heavy atom. The summed E-state index contributed by atoms with van der Waals surface area (Å²) in [5, 5.41) is 19.0. The molecule has 1 rings (SSSR count). The maximum absolute atomic E-state index is 11.3. The van der Waals surface area contributed by atoms with Crippen LogP contribution in [0, 0.1) is 10.1 Å². The molecular formula is C13H24N4O2. The van der Waals surface area contributed by atoms with Crippen LogP contribution >= 0.6 is 0 Å². The molecule has 19 heavy (non-hydrogen) atoms. The molecule has 1 aromatic rings. The monoisotopic (exact) mass is 268 g/mol. The lowest BCUT2D eigenvalue weighted by Crippen LogP contribution is -2.31. The zero-order chi connectivity index (χ0) is 14.4. The highest BCUT2D eigenvalue weighted by molar-refractivity contribution is 5.41. The van der Waals surface area contributed by atoms with Gasteiger partial charge >= 0.3 is 5.69 Å². The summed E-state index contributed by atoms with van der Waals surface area (Å²) in [6.45, 7) is 7.00. The van der Waals surface area contributed by atoms with Crippen molar-refractivity contribution in [2.75, 3.05) is 6.54 Å². The Morgan fingerprint density at radius 2 is 2.11 bits per heavy atom. The summed E-state index contributed by atoms with van der Waals surface area (Å²) in [4.78, 5) is 11.0. The van der Waals surface area contributed by atoms with Gasteiger partial charge in [0.15, 0.2) is 0 Å². The quantitative estimate of drug-likeness (QED) is 0.579. The summed E-state index contributed by atoms with van der Waals surface area (Å²) in [6, 6.07) is 0.258. The van der Waals surface area contributed by atoms with Crippen molar-refractivity contribution in [3.63, 3.8) is 0 Å². The Labute approximate surface area is 114 Å². The van der Waals surface area contributed by atoms with Crippen molar-refractivity contribution < 1.29 is 4.92 Å². The molecule has 0 aromatic carbocycles. The van der Waals surface area contributed by atoms with Gasteiger partial charge in [0.2, 0.25) is 0 Å². The molecule has 0 spiro atoms. The third kappa shape index (κ3) is 3.76. The van der Waals surface area contributed by atoms with E-state index in [1.54, 1.807) is 11.7 Å². The van der Waals surface area contributed by atoms with Crippen LogP contribution < -0.4 is 5.32 Å². The minimum absolute atomic E-state index is 0.209. The van der Waals surface area contributed by atoms with Gasteiger partial charge in [-0.25, -0.2) is 0 Å². The van der Waals surface area contributed by atoms with E-state index in [0.717, 1.165) is 25.1 Å². The number of nitro groups is 1. The minimum Gasteiger partial charge on any atom is -0.314 e. The smallest absolute Gasteiger partial charge is 0.313 e. The molecule has 1 heterocycles. The van der Waals surface area contributed by atoms with E-state index in [9.17, 15) is 10.1 Å². The van der Waals surface area contributed by atoms with Crippen LogP contribution in [0.25, 0.3) is 0 Å². The van der Waals surface area contributed by atoms with Crippen LogP contribution in [0.4, 0.5) is 5.69 Å². The number of hydrogen-bond acceptors (Lipinski definition) is 4. The Hall–Kier alpha value is -1.43. The highest BCUT2D eigenvalue weighted by Gasteiger charge is 2.27. The molecule has 108 valence electrons. The second-order valence-electron chi connectivity index (χ2n) is 4.74. The minimum atomic E-state index is -0.286. The van der Waals surface area contributed by atoms with Gasteiger partial charge in [-0.3, -0.25) is 14.8 Å².